The number of aromatic nitrogens is 2. The maximum Gasteiger partial charge on any atom is 0.256 e. The number of nitrogens with zero attached hydrogens (tertiary/aromatic N) is 2. The number of nitrogens with one attached hydrogen (secondary N) is 2. The molecule has 8 heteroatoms. The normalized spacial score (nSPS) is 15.3. The molecule has 1 aliphatic carbocycles. The predicted octanol–water partition coefficient (Wildman–Crippen LogP) is 4.37. The molecule has 0 saturated heterocycles. The van der Waals surface area contributed by atoms with E-state index >= 15 is 0 Å². The third kappa shape index (κ3) is 4.59. The van der Waals surface area contributed by atoms with Gasteiger partial charge < -0.3 is 16.4 Å². The molecule has 4 N–H and O–H groups in total. The van der Waals surface area contributed by atoms with Crippen molar-refractivity contribution in [3.63, 3.8) is 0 Å². The molecule has 1 unspecified atom stereocenters. The number of benzene rings is 1. The molecule has 31 heavy (non-hydrogen) atoms. The van der Waals surface area contributed by atoms with Crippen LogP contribution in [-0.2, 0) is 12.8 Å². The number of primary amides is 1. The number of anilines is 3. The number of aryl methyl sites for hydroxylation is 2. The third-order valence-electron chi connectivity index (χ3n) is 5.35. The van der Waals surface area contributed by atoms with Crippen molar-refractivity contribution >= 4 is 39.8 Å². The fourth-order valence-corrected chi connectivity index (χ4v) is 5.34. The summed E-state index contributed by atoms with van der Waals surface area (Å²) in [6.45, 7) is 6.01. The molecule has 0 aliphatic heterocycles. The number of carbonyl (C=O) groups excluding carboxylic acids is 2. The summed E-state index contributed by atoms with van der Waals surface area (Å²) in [7, 11) is 0. The summed E-state index contributed by atoms with van der Waals surface area (Å²) < 4.78 is 0. The van der Waals surface area contributed by atoms with Crippen LogP contribution in [0.4, 0.5) is 16.6 Å². The minimum atomic E-state index is -0.496. The van der Waals surface area contributed by atoms with Crippen molar-refractivity contribution < 1.29 is 9.59 Å². The van der Waals surface area contributed by atoms with E-state index in [0.29, 0.717) is 33.7 Å². The van der Waals surface area contributed by atoms with Crippen molar-refractivity contribution in [3.8, 4) is 0 Å². The topological polar surface area (TPSA) is 110 Å². The molecule has 1 aromatic carbocycles. The first-order chi connectivity index (χ1) is 14.8. The van der Waals surface area contributed by atoms with E-state index in [1.807, 2.05) is 26.0 Å². The standard InChI is InChI=1S/C23H25N5O2S/c1-12-7-8-17-18(9-12)31-22(19(17)20(24)29)28-21(30)15-5-4-6-16(11-15)27-23-25-13(2)10-14(3)26-23/h4-6,10-12H,7-9H2,1-3H3,(H2,24,29)(H,28,30)(H,25,26,27). The molecule has 1 atom stereocenters. The maximum absolute atomic E-state index is 13.0. The minimum absolute atomic E-state index is 0.292. The largest absolute Gasteiger partial charge is 0.365 e. The number of hydrogen-bond acceptors (Lipinski definition) is 6. The monoisotopic (exact) mass is 435 g/mol. The average Bonchev–Trinajstić information content (AvgIpc) is 3.04. The smallest absolute Gasteiger partial charge is 0.256 e. The molecule has 0 saturated carbocycles. The first kappa shape index (κ1) is 21.0. The van der Waals surface area contributed by atoms with Crippen LogP contribution in [0, 0.1) is 19.8 Å². The zero-order valence-corrected chi connectivity index (χ0v) is 18.6. The van der Waals surface area contributed by atoms with Crippen LogP contribution in [0.15, 0.2) is 30.3 Å². The lowest BCUT2D eigenvalue weighted by Crippen LogP contribution is -2.19. The zero-order chi connectivity index (χ0) is 22.1. The van der Waals surface area contributed by atoms with E-state index < -0.39 is 5.91 Å². The van der Waals surface area contributed by atoms with E-state index in [1.54, 1.807) is 18.2 Å². The average molecular weight is 436 g/mol. The molecular weight excluding hydrogens is 410 g/mol. The van der Waals surface area contributed by atoms with E-state index in [0.717, 1.165) is 41.1 Å². The fraction of sp³-hybridized carbons (Fsp3) is 0.304. The van der Waals surface area contributed by atoms with Crippen LogP contribution in [0.3, 0.4) is 0 Å². The second-order valence-corrected chi connectivity index (χ2v) is 9.16. The highest BCUT2D eigenvalue weighted by molar-refractivity contribution is 7.17. The summed E-state index contributed by atoms with van der Waals surface area (Å²) in [5.74, 6) is 0.251. The van der Waals surface area contributed by atoms with Gasteiger partial charge in [-0.2, -0.15) is 0 Å². The molecule has 2 aromatic heterocycles. The molecule has 0 bridgehead atoms. The van der Waals surface area contributed by atoms with Crippen molar-refractivity contribution in [1.29, 1.82) is 0 Å². The van der Waals surface area contributed by atoms with E-state index in [9.17, 15) is 9.59 Å². The summed E-state index contributed by atoms with van der Waals surface area (Å²) in [5, 5.41) is 6.59. The van der Waals surface area contributed by atoms with Gasteiger partial charge in [0.2, 0.25) is 5.95 Å². The summed E-state index contributed by atoms with van der Waals surface area (Å²) >= 11 is 1.46. The lowest BCUT2D eigenvalue weighted by molar-refractivity contribution is 0.1000. The van der Waals surface area contributed by atoms with E-state index in [4.69, 9.17) is 5.73 Å². The van der Waals surface area contributed by atoms with Gasteiger partial charge in [0.1, 0.15) is 5.00 Å². The SMILES string of the molecule is Cc1cc(C)nc(Nc2cccc(C(=O)Nc3sc4c(c3C(N)=O)CCC(C)C4)c2)n1. The number of hydrogen-bond donors (Lipinski definition) is 3. The van der Waals surface area contributed by atoms with Gasteiger partial charge in [0.25, 0.3) is 11.8 Å². The van der Waals surface area contributed by atoms with E-state index in [-0.39, 0.29) is 5.91 Å². The van der Waals surface area contributed by atoms with Crippen LogP contribution in [-0.4, -0.2) is 21.8 Å². The first-order valence-corrected chi connectivity index (χ1v) is 11.1. The van der Waals surface area contributed by atoms with Gasteiger partial charge in [-0.15, -0.1) is 11.3 Å². The third-order valence-corrected chi connectivity index (χ3v) is 6.52. The van der Waals surface area contributed by atoms with Gasteiger partial charge in [0.15, 0.2) is 0 Å². The van der Waals surface area contributed by atoms with Crippen LogP contribution >= 0.6 is 11.3 Å². The van der Waals surface area contributed by atoms with Crippen LogP contribution in [0.5, 0.6) is 0 Å². The number of thiophene rings is 1. The Balaban J connectivity index is 1.57. The summed E-state index contributed by atoms with van der Waals surface area (Å²) in [6, 6.07) is 8.99. The van der Waals surface area contributed by atoms with Gasteiger partial charge in [-0.25, -0.2) is 9.97 Å². The van der Waals surface area contributed by atoms with Gasteiger partial charge in [0.05, 0.1) is 5.56 Å². The Labute approximate surface area is 185 Å². The molecule has 3 aromatic rings. The lowest BCUT2D eigenvalue weighted by Gasteiger charge is -2.18. The second kappa shape index (κ2) is 8.47. The van der Waals surface area contributed by atoms with Gasteiger partial charge in [-0.3, -0.25) is 9.59 Å². The molecule has 0 radical (unpaired) electrons. The number of rotatable bonds is 5. The van der Waals surface area contributed by atoms with Crippen molar-refractivity contribution in [2.24, 2.45) is 11.7 Å². The molecule has 2 heterocycles. The molecule has 4 rings (SSSR count). The number of fused-ring (bicyclic) bond motifs is 1. The molecule has 7 nitrogen and oxygen atoms in total. The van der Waals surface area contributed by atoms with E-state index in [2.05, 4.69) is 27.5 Å². The number of carbonyl (C=O) groups is 2. The lowest BCUT2D eigenvalue weighted by atomic mass is 9.88. The zero-order valence-electron chi connectivity index (χ0n) is 17.8. The quantitative estimate of drug-likeness (QED) is 0.551. The van der Waals surface area contributed by atoms with Crippen LogP contribution in [0.2, 0.25) is 0 Å². The van der Waals surface area contributed by atoms with Crippen LogP contribution < -0.4 is 16.4 Å². The molecule has 160 valence electrons. The van der Waals surface area contributed by atoms with Crippen molar-refractivity contribution in [3.05, 3.63) is 63.3 Å². The highest BCUT2D eigenvalue weighted by Gasteiger charge is 2.27. The Morgan fingerprint density at radius 1 is 1.16 bits per heavy atom. The van der Waals surface area contributed by atoms with Gasteiger partial charge in [-0.05, 0) is 68.9 Å². The number of nitrogens with two attached hydrogens (primary N) is 1. The van der Waals surface area contributed by atoms with Gasteiger partial charge in [0, 0.05) is 27.5 Å². The summed E-state index contributed by atoms with van der Waals surface area (Å²) in [4.78, 5) is 35.0. The maximum atomic E-state index is 13.0. The molecular formula is C23H25N5O2S. The minimum Gasteiger partial charge on any atom is -0.365 e. The van der Waals surface area contributed by atoms with Crippen LogP contribution in [0.25, 0.3) is 0 Å². The van der Waals surface area contributed by atoms with Crippen molar-refractivity contribution in [2.45, 2.75) is 40.0 Å². The molecule has 0 spiro atoms. The van der Waals surface area contributed by atoms with Crippen LogP contribution in [0.1, 0.15) is 55.9 Å². The Morgan fingerprint density at radius 3 is 2.61 bits per heavy atom. The molecule has 0 fully saturated rings. The fourth-order valence-electron chi connectivity index (χ4n) is 3.92. The van der Waals surface area contributed by atoms with Crippen molar-refractivity contribution in [1.82, 2.24) is 9.97 Å². The highest BCUT2D eigenvalue weighted by Crippen LogP contribution is 2.39. The Kier molecular flexibility index (Phi) is 5.73. The highest BCUT2D eigenvalue weighted by atomic mass is 32.1. The first-order valence-electron chi connectivity index (χ1n) is 10.2. The van der Waals surface area contributed by atoms with Gasteiger partial charge in [-0.1, -0.05) is 13.0 Å². The van der Waals surface area contributed by atoms with E-state index in [1.165, 1.54) is 11.3 Å². The van der Waals surface area contributed by atoms with Gasteiger partial charge >= 0.3 is 0 Å². The summed E-state index contributed by atoms with van der Waals surface area (Å²) in [5.41, 5.74) is 9.99. The number of amides is 2. The molecule has 2 amide bonds. The summed E-state index contributed by atoms with van der Waals surface area (Å²) in [6.07, 6.45) is 2.74. The Morgan fingerprint density at radius 2 is 1.90 bits per heavy atom. The Hall–Kier alpha value is -3.26. The second-order valence-electron chi connectivity index (χ2n) is 8.05. The predicted molar refractivity (Wildman–Crippen MR) is 123 cm³/mol. The Bertz CT molecular complexity index is 1150. The molecule has 1 aliphatic rings. The van der Waals surface area contributed by atoms with Crippen molar-refractivity contribution in [2.75, 3.05) is 10.6 Å².